The molecule has 1 aliphatic carbocycles. The zero-order valence-corrected chi connectivity index (χ0v) is 16.2. The smallest absolute Gasteiger partial charge is 0.331 e. The molecule has 1 aliphatic rings. The zero-order valence-electron chi connectivity index (χ0n) is 16.2. The molecule has 7 heteroatoms. The maximum atomic E-state index is 13.1. The molecule has 1 heterocycles. The highest BCUT2D eigenvalue weighted by atomic mass is 16.2. The molecule has 1 aromatic heterocycles. The fraction of sp³-hybridized carbons (Fsp3) is 0.429. The monoisotopic (exact) mass is 380 g/mol. The Hall–Kier alpha value is -3.14. The van der Waals surface area contributed by atoms with E-state index in [0.29, 0.717) is 19.0 Å². The molecule has 3 rings (SSSR count). The van der Waals surface area contributed by atoms with Gasteiger partial charge in [-0.05, 0) is 38.2 Å². The second kappa shape index (κ2) is 8.26. The van der Waals surface area contributed by atoms with Gasteiger partial charge in [0.05, 0.1) is 0 Å². The quantitative estimate of drug-likeness (QED) is 0.732. The van der Waals surface area contributed by atoms with Gasteiger partial charge in [-0.2, -0.15) is 5.26 Å². The highest BCUT2D eigenvalue weighted by Gasteiger charge is 2.34. The minimum absolute atomic E-state index is 0.0240. The third-order valence-electron chi connectivity index (χ3n) is 5.30. The Labute approximate surface area is 163 Å². The van der Waals surface area contributed by atoms with Crippen LogP contribution < -0.4 is 11.2 Å². The van der Waals surface area contributed by atoms with Crippen LogP contribution >= 0.6 is 0 Å². The lowest BCUT2D eigenvalue weighted by atomic mass is 10.1. The molecule has 0 radical (unpaired) electrons. The van der Waals surface area contributed by atoms with Crippen LogP contribution in [0.15, 0.2) is 46.1 Å². The van der Waals surface area contributed by atoms with Crippen molar-refractivity contribution in [3.05, 3.63) is 68.5 Å². The largest absolute Gasteiger partial charge is 0.334 e. The predicted octanol–water partition coefficient (Wildman–Crippen LogP) is 1.73. The number of aromatic nitrogens is 2. The molecular formula is C21H24N4O3. The Bertz CT molecular complexity index is 1010. The molecule has 1 atom stereocenters. The number of nitriles is 1. The van der Waals surface area contributed by atoms with E-state index in [4.69, 9.17) is 0 Å². The molecule has 0 bridgehead atoms. The molecule has 0 aliphatic heterocycles. The lowest BCUT2D eigenvalue weighted by Gasteiger charge is -2.30. The summed E-state index contributed by atoms with van der Waals surface area (Å²) in [5.41, 5.74) is -0.436. The number of nitrogens with zero attached hydrogens (tertiary/aromatic N) is 4. The Morgan fingerprint density at radius 3 is 2.54 bits per heavy atom. The normalized spacial score (nSPS) is 14.3. The van der Waals surface area contributed by atoms with Crippen molar-refractivity contribution in [2.45, 2.75) is 52.4 Å². The number of amides is 1. The molecule has 0 saturated heterocycles. The molecule has 1 saturated carbocycles. The van der Waals surface area contributed by atoms with Gasteiger partial charge >= 0.3 is 5.69 Å². The number of benzene rings is 1. The van der Waals surface area contributed by atoms with Crippen molar-refractivity contribution in [1.29, 1.82) is 5.26 Å². The Balaban J connectivity index is 1.93. The summed E-state index contributed by atoms with van der Waals surface area (Å²) in [5, 5.41) is 9.19. The Kier molecular flexibility index (Phi) is 5.78. The predicted molar refractivity (Wildman–Crippen MR) is 105 cm³/mol. The summed E-state index contributed by atoms with van der Waals surface area (Å²) in [7, 11) is 0. The number of carbonyl (C=O) groups is 1. The highest BCUT2D eigenvalue weighted by molar-refractivity contribution is 5.76. The molecule has 2 aromatic rings. The van der Waals surface area contributed by atoms with E-state index in [9.17, 15) is 19.6 Å². The van der Waals surface area contributed by atoms with Gasteiger partial charge in [-0.25, -0.2) is 9.36 Å². The molecule has 1 amide bonds. The number of hydrogen-bond acceptors (Lipinski definition) is 4. The van der Waals surface area contributed by atoms with Crippen LogP contribution in [-0.2, 0) is 24.4 Å². The van der Waals surface area contributed by atoms with Crippen LogP contribution in [0.1, 0.15) is 37.8 Å². The van der Waals surface area contributed by atoms with Crippen LogP contribution in [0.25, 0.3) is 0 Å². The second-order valence-corrected chi connectivity index (χ2v) is 7.20. The van der Waals surface area contributed by atoms with E-state index in [0.717, 1.165) is 23.0 Å². The molecule has 7 nitrogen and oxygen atoms in total. The van der Waals surface area contributed by atoms with Gasteiger partial charge in [0.25, 0.3) is 5.56 Å². The number of aryl methyl sites for hydroxylation is 1. The molecule has 1 fully saturated rings. The second-order valence-electron chi connectivity index (χ2n) is 7.20. The van der Waals surface area contributed by atoms with E-state index in [-0.39, 0.29) is 24.1 Å². The summed E-state index contributed by atoms with van der Waals surface area (Å²) in [6, 6.07) is 11.5. The average molecular weight is 380 g/mol. The molecule has 0 unspecified atom stereocenters. The summed E-state index contributed by atoms with van der Waals surface area (Å²) in [6.07, 6.45) is 3.40. The van der Waals surface area contributed by atoms with Crippen molar-refractivity contribution >= 4 is 5.91 Å². The lowest BCUT2D eigenvalue weighted by Crippen LogP contribution is -2.47. The van der Waals surface area contributed by atoms with E-state index >= 15 is 0 Å². The van der Waals surface area contributed by atoms with E-state index in [1.807, 2.05) is 43.3 Å². The van der Waals surface area contributed by atoms with Gasteiger partial charge in [0, 0.05) is 25.3 Å². The van der Waals surface area contributed by atoms with Gasteiger partial charge in [-0.15, -0.1) is 0 Å². The lowest BCUT2D eigenvalue weighted by molar-refractivity contribution is -0.135. The van der Waals surface area contributed by atoms with Crippen molar-refractivity contribution in [1.82, 2.24) is 14.0 Å². The van der Waals surface area contributed by atoms with Crippen LogP contribution in [0, 0.1) is 17.2 Å². The van der Waals surface area contributed by atoms with E-state index < -0.39 is 11.2 Å². The molecule has 28 heavy (non-hydrogen) atoms. The van der Waals surface area contributed by atoms with Crippen LogP contribution in [0.5, 0.6) is 0 Å². The van der Waals surface area contributed by atoms with E-state index in [1.54, 1.807) is 11.8 Å². The van der Waals surface area contributed by atoms with Crippen molar-refractivity contribution in [3.8, 4) is 6.07 Å². The number of rotatable bonds is 7. The third-order valence-corrected chi connectivity index (χ3v) is 5.30. The van der Waals surface area contributed by atoms with Crippen LogP contribution in [0.2, 0.25) is 0 Å². The summed E-state index contributed by atoms with van der Waals surface area (Å²) in [5.74, 6) is 0.155. The van der Waals surface area contributed by atoms with Gasteiger partial charge in [-0.1, -0.05) is 30.3 Å². The van der Waals surface area contributed by atoms with Gasteiger partial charge in [0.2, 0.25) is 5.91 Å². The Morgan fingerprint density at radius 2 is 1.96 bits per heavy atom. The van der Waals surface area contributed by atoms with Crippen molar-refractivity contribution in [3.63, 3.8) is 0 Å². The number of hydrogen-bond donors (Lipinski definition) is 0. The maximum absolute atomic E-state index is 13.1. The molecule has 0 spiro atoms. The average Bonchev–Trinajstić information content (AvgIpc) is 3.55. The van der Waals surface area contributed by atoms with Gasteiger partial charge in [-0.3, -0.25) is 14.2 Å². The van der Waals surface area contributed by atoms with Crippen molar-refractivity contribution < 1.29 is 4.79 Å². The minimum atomic E-state index is -0.718. The summed E-state index contributed by atoms with van der Waals surface area (Å²) in [6.45, 7) is 4.13. The molecule has 1 aromatic carbocycles. The minimum Gasteiger partial charge on any atom is -0.334 e. The summed E-state index contributed by atoms with van der Waals surface area (Å²) >= 11 is 0. The fourth-order valence-electron chi connectivity index (χ4n) is 3.39. The molecule has 0 N–H and O–H groups in total. The summed E-state index contributed by atoms with van der Waals surface area (Å²) in [4.78, 5) is 39.9. The van der Waals surface area contributed by atoms with Gasteiger partial charge < -0.3 is 4.90 Å². The molecular weight excluding hydrogens is 356 g/mol. The first kappa shape index (κ1) is 19.6. The standard InChI is InChI=1S/C21H24N4O3/c1-3-23-13-18(11-22)20(27)25(21(23)28)14-19(26)24(15(2)17-9-10-17)12-16-7-5-4-6-8-16/h4-8,13,15,17H,3,9-10,12,14H2,1-2H3/t15-/m0/s1. The topological polar surface area (TPSA) is 88.1 Å². The zero-order chi connectivity index (χ0) is 20.3. The highest BCUT2D eigenvalue weighted by Crippen LogP contribution is 2.35. The Morgan fingerprint density at radius 1 is 1.29 bits per heavy atom. The van der Waals surface area contributed by atoms with Crippen LogP contribution in [0.4, 0.5) is 0 Å². The maximum Gasteiger partial charge on any atom is 0.331 e. The van der Waals surface area contributed by atoms with Crippen molar-refractivity contribution in [2.24, 2.45) is 5.92 Å². The number of carbonyl (C=O) groups excluding carboxylic acids is 1. The van der Waals surface area contributed by atoms with E-state index in [1.165, 1.54) is 10.8 Å². The van der Waals surface area contributed by atoms with Gasteiger partial charge in [0.1, 0.15) is 18.2 Å². The van der Waals surface area contributed by atoms with Crippen LogP contribution in [-0.4, -0.2) is 26.0 Å². The van der Waals surface area contributed by atoms with Crippen LogP contribution in [0.3, 0.4) is 0 Å². The van der Waals surface area contributed by atoms with Crippen molar-refractivity contribution in [2.75, 3.05) is 0 Å². The third kappa shape index (κ3) is 4.06. The van der Waals surface area contributed by atoms with E-state index in [2.05, 4.69) is 0 Å². The molecule has 146 valence electrons. The first-order chi connectivity index (χ1) is 13.5. The van der Waals surface area contributed by atoms with Gasteiger partial charge in [0.15, 0.2) is 0 Å². The summed E-state index contributed by atoms with van der Waals surface area (Å²) < 4.78 is 2.15. The first-order valence-corrected chi connectivity index (χ1v) is 9.54. The fourth-order valence-corrected chi connectivity index (χ4v) is 3.39. The SMILES string of the molecule is CCn1cc(C#N)c(=O)n(CC(=O)N(Cc2ccccc2)[C@@H](C)C2CC2)c1=O. The first-order valence-electron chi connectivity index (χ1n) is 9.54.